The molecular formula is C20H15ClN2O3S2. The number of halogens is 1. The molecule has 0 bridgehead atoms. The van der Waals surface area contributed by atoms with E-state index in [1.54, 1.807) is 12.1 Å². The first-order chi connectivity index (χ1) is 13.5. The molecule has 0 aliphatic rings. The summed E-state index contributed by atoms with van der Waals surface area (Å²) >= 11 is 9.11. The van der Waals surface area contributed by atoms with E-state index in [9.17, 15) is 9.59 Å². The van der Waals surface area contributed by atoms with E-state index < -0.39 is 5.97 Å². The first-order valence-electron chi connectivity index (χ1n) is 8.51. The van der Waals surface area contributed by atoms with Gasteiger partial charge in [-0.15, -0.1) is 11.3 Å². The van der Waals surface area contributed by atoms with Crippen LogP contribution in [0.25, 0.3) is 20.3 Å². The average molecular weight is 431 g/mol. The van der Waals surface area contributed by atoms with Crippen molar-refractivity contribution in [3.63, 3.8) is 0 Å². The maximum Gasteiger partial charge on any atom is 0.337 e. The van der Waals surface area contributed by atoms with Crippen LogP contribution in [0.4, 0.5) is 0 Å². The lowest BCUT2D eigenvalue weighted by atomic mass is 10.2. The van der Waals surface area contributed by atoms with Crippen LogP contribution in [0.3, 0.4) is 0 Å². The average Bonchev–Trinajstić information content (AvgIpc) is 3.23. The zero-order valence-corrected chi connectivity index (χ0v) is 17.5. The van der Waals surface area contributed by atoms with E-state index in [2.05, 4.69) is 4.99 Å². The number of aromatic nitrogens is 1. The summed E-state index contributed by atoms with van der Waals surface area (Å²) in [5.41, 5.74) is 1.37. The van der Waals surface area contributed by atoms with Crippen molar-refractivity contribution in [3.05, 3.63) is 62.7 Å². The minimum Gasteiger partial charge on any atom is -0.465 e. The van der Waals surface area contributed by atoms with Crippen LogP contribution in [-0.4, -0.2) is 23.6 Å². The van der Waals surface area contributed by atoms with Gasteiger partial charge in [-0.3, -0.25) is 4.79 Å². The summed E-state index contributed by atoms with van der Waals surface area (Å²) in [5, 5.41) is 1.29. The number of carbonyl (C=O) groups is 2. The van der Waals surface area contributed by atoms with Crippen molar-refractivity contribution in [3.8, 4) is 0 Å². The number of esters is 1. The van der Waals surface area contributed by atoms with E-state index in [0.717, 1.165) is 20.3 Å². The van der Waals surface area contributed by atoms with Crippen LogP contribution in [0.15, 0.2) is 47.5 Å². The number of rotatable bonds is 3. The molecule has 5 nitrogen and oxygen atoms in total. The zero-order valence-electron chi connectivity index (χ0n) is 15.1. The lowest BCUT2D eigenvalue weighted by molar-refractivity contribution is 0.0601. The minimum absolute atomic E-state index is 0.367. The van der Waals surface area contributed by atoms with Crippen molar-refractivity contribution in [2.75, 3.05) is 7.11 Å². The number of thiophene rings is 1. The van der Waals surface area contributed by atoms with Crippen molar-refractivity contribution in [2.24, 2.45) is 4.99 Å². The maximum atomic E-state index is 12.8. The summed E-state index contributed by atoms with van der Waals surface area (Å²) in [7, 11) is 1.35. The van der Waals surface area contributed by atoms with Crippen molar-refractivity contribution in [1.82, 2.24) is 4.57 Å². The molecule has 2 heterocycles. The Kier molecular flexibility index (Phi) is 5.05. The number of thiazole rings is 1. The van der Waals surface area contributed by atoms with E-state index in [0.29, 0.717) is 26.8 Å². The molecule has 2 aromatic carbocycles. The van der Waals surface area contributed by atoms with Gasteiger partial charge in [-0.1, -0.05) is 41.1 Å². The molecule has 0 unspecified atom stereocenters. The minimum atomic E-state index is -0.398. The number of methoxy groups -OCH3 is 1. The summed E-state index contributed by atoms with van der Waals surface area (Å²) in [5.74, 6) is -0.766. The smallest absolute Gasteiger partial charge is 0.337 e. The van der Waals surface area contributed by atoms with Crippen LogP contribution >= 0.6 is 34.3 Å². The molecule has 0 aliphatic heterocycles. The Morgan fingerprint density at radius 3 is 2.64 bits per heavy atom. The Hall–Kier alpha value is -2.48. The third-order valence-electron chi connectivity index (χ3n) is 4.35. The molecule has 8 heteroatoms. The van der Waals surface area contributed by atoms with E-state index in [1.165, 1.54) is 29.8 Å². The van der Waals surface area contributed by atoms with Gasteiger partial charge < -0.3 is 9.30 Å². The molecule has 28 heavy (non-hydrogen) atoms. The topological polar surface area (TPSA) is 60.7 Å². The number of benzene rings is 2. The van der Waals surface area contributed by atoms with Crippen LogP contribution in [0.5, 0.6) is 0 Å². The van der Waals surface area contributed by atoms with E-state index >= 15 is 0 Å². The molecule has 0 radical (unpaired) electrons. The number of hydrogen-bond acceptors (Lipinski definition) is 5. The molecule has 0 atom stereocenters. The number of nitrogens with zero attached hydrogens (tertiary/aromatic N) is 2. The van der Waals surface area contributed by atoms with Gasteiger partial charge in [0.25, 0.3) is 5.91 Å². The van der Waals surface area contributed by atoms with E-state index in [-0.39, 0.29) is 5.91 Å². The van der Waals surface area contributed by atoms with Crippen molar-refractivity contribution in [1.29, 1.82) is 0 Å². The van der Waals surface area contributed by atoms with Crippen molar-refractivity contribution >= 4 is 66.5 Å². The third-order valence-corrected chi connectivity index (χ3v) is 7.05. The van der Waals surface area contributed by atoms with E-state index in [1.807, 2.05) is 41.8 Å². The van der Waals surface area contributed by atoms with Gasteiger partial charge in [0.15, 0.2) is 4.80 Å². The first-order valence-corrected chi connectivity index (χ1v) is 10.5. The van der Waals surface area contributed by atoms with Gasteiger partial charge in [-0.2, -0.15) is 4.99 Å². The van der Waals surface area contributed by atoms with Crippen LogP contribution in [-0.2, 0) is 11.3 Å². The SMILES string of the molecule is CCn1c(=NC(=O)c2sc3ccccc3c2Cl)sc2cc(C(=O)OC)ccc21. The molecule has 142 valence electrons. The Morgan fingerprint density at radius 2 is 1.93 bits per heavy atom. The molecule has 2 aromatic heterocycles. The second-order valence-corrected chi connectivity index (χ2v) is 8.40. The number of hydrogen-bond donors (Lipinski definition) is 0. The third kappa shape index (κ3) is 3.15. The molecule has 0 spiro atoms. The van der Waals surface area contributed by atoms with Crippen molar-refractivity contribution in [2.45, 2.75) is 13.5 Å². The van der Waals surface area contributed by atoms with E-state index in [4.69, 9.17) is 16.3 Å². The Labute approximate surface area is 173 Å². The fourth-order valence-electron chi connectivity index (χ4n) is 3.00. The Balaban J connectivity index is 1.84. The van der Waals surface area contributed by atoms with Gasteiger partial charge >= 0.3 is 5.97 Å². The second-order valence-electron chi connectivity index (χ2n) is 5.96. The molecule has 0 aliphatic carbocycles. The summed E-state index contributed by atoms with van der Waals surface area (Å²) < 4.78 is 8.54. The van der Waals surface area contributed by atoms with Crippen LogP contribution in [0.1, 0.15) is 27.0 Å². The summed E-state index contributed by atoms with van der Waals surface area (Å²) in [6.07, 6.45) is 0. The number of ether oxygens (including phenoxy) is 1. The highest BCUT2D eigenvalue weighted by atomic mass is 35.5. The highest BCUT2D eigenvalue weighted by Crippen LogP contribution is 2.35. The maximum absolute atomic E-state index is 12.8. The Morgan fingerprint density at radius 1 is 1.14 bits per heavy atom. The molecule has 4 rings (SSSR count). The first kappa shape index (κ1) is 18.9. The standard InChI is InChI=1S/C20H15ClN2O3S2/c1-3-23-13-9-8-11(19(25)26-2)10-15(13)28-20(23)22-18(24)17-16(21)12-6-4-5-7-14(12)27-17/h4-10H,3H2,1-2H3. The predicted octanol–water partition coefficient (Wildman–Crippen LogP) is 5.12. The number of aryl methyl sites for hydroxylation is 1. The second kappa shape index (κ2) is 7.50. The molecule has 1 amide bonds. The number of amides is 1. The largest absolute Gasteiger partial charge is 0.465 e. The number of carbonyl (C=O) groups excluding carboxylic acids is 2. The van der Waals surface area contributed by atoms with Gasteiger partial charge in [-0.25, -0.2) is 4.79 Å². The molecule has 0 N–H and O–H groups in total. The van der Waals surface area contributed by atoms with Gasteiger partial charge in [-0.05, 0) is 31.2 Å². The van der Waals surface area contributed by atoms with Gasteiger partial charge in [0.2, 0.25) is 0 Å². The zero-order chi connectivity index (χ0) is 19.8. The molecular weight excluding hydrogens is 416 g/mol. The summed E-state index contributed by atoms with van der Waals surface area (Å²) in [6.45, 7) is 2.63. The van der Waals surface area contributed by atoms with Crippen LogP contribution < -0.4 is 4.80 Å². The lowest BCUT2D eigenvalue weighted by Crippen LogP contribution is -2.15. The quantitative estimate of drug-likeness (QED) is 0.424. The summed E-state index contributed by atoms with van der Waals surface area (Å²) in [6, 6.07) is 12.9. The fourth-order valence-corrected chi connectivity index (χ4v) is 5.53. The van der Waals surface area contributed by atoms with Crippen LogP contribution in [0, 0.1) is 0 Å². The normalized spacial score (nSPS) is 12.0. The summed E-state index contributed by atoms with van der Waals surface area (Å²) in [4.78, 5) is 30.0. The predicted molar refractivity (Wildman–Crippen MR) is 114 cm³/mol. The molecule has 4 aromatic rings. The van der Waals surface area contributed by atoms with Gasteiger partial charge in [0.1, 0.15) is 4.88 Å². The molecule has 0 fully saturated rings. The molecule has 0 saturated heterocycles. The highest BCUT2D eigenvalue weighted by Gasteiger charge is 2.17. The van der Waals surface area contributed by atoms with Gasteiger partial charge in [0, 0.05) is 16.6 Å². The lowest BCUT2D eigenvalue weighted by Gasteiger charge is -2.02. The monoisotopic (exact) mass is 430 g/mol. The van der Waals surface area contributed by atoms with Crippen LogP contribution in [0.2, 0.25) is 5.02 Å². The Bertz CT molecular complexity index is 1300. The molecule has 0 saturated carbocycles. The van der Waals surface area contributed by atoms with Gasteiger partial charge in [0.05, 0.1) is 27.9 Å². The van der Waals surface area contributed by atoms with Crippen molar-refractivity contribution < 1.29 is 14.3 Å². The number of fused-ring (bicyclic) bond motifs is 2. The fraction of sp³-hybridized carbons (Fsp3) is 0.150. The highest BCUT2D eigenvalue weighted by molar-refractivity contribution is 7.21.